The van der Waals surface area contributed by atoms with E-state index < -0.39 is 35.6 Å². The highest BCUT2D eigenvalue weighted by Crippen LogP contribution is 2.72. The fourth-order valence-corrected chi connectivity index (χ4v) is 9.27. The molecule has 1 aromatic carbocycles. The van der Waals surface area contributed by atoms with Crippen LogP contribution in [0.15, 0.2) is 23.3 Å². The van der Waals surface area contributed by atoms with E-state index in [1.54, 1.807) is 21.0 Å². The number of esters is 1. The van der Waals surface area contributed by atoms with Gasteiger partial charge in [0.25, 0.3) is 0 Å². The lowest BCUT2D eigenvalue weighted by Gasteiger charge is -2.67. The summed E-state index contributed by atoms with van der Waals surface area (Å²) in [5.41, 5.74) is 4.09. The smallest absolute Gasteiger partial charge is 0.326 e. The molecule has 1 spiro atoms. The van der Waals surface area contributed by atoms with Gasteiger partial charge in [-0.1, -0.05) is 25.5 Å². The summed E-state index contributed by atoms with van der Waals surface area (Å²) in [5.74, 6) is -0.566. The van der Waals surface area contributed by atoms with Gasteiger partial charge in [0.15, 0.2) is 11.5 Å². The first-order chi connectivity index (χ1) is 21.0. The minimum absolute atomic E-state index is 0.0115. The summed E-state index contributed by atoms with van der Waals surface area (Å²) in [6.45, 7) is 7.40. The Balaban J connectivity index is 1.14. The van der Waals surface area contributed by atoms with E-state index in [2.05, 4.69) is 16.3 Å². The molecule has 2 heterocycles. The summed E-state index contributed by atoms with van der Waals surface area (Å²) in [5, 5.41) is 22.9. The second-order valence-electron chi connectivity index (χ2n) is 14.3. The zero-order chi connectivity index (χ0) is 31.1. The predicted octanol–water partition coefficient (Wildman–Crippen LogP) is 3.12. The third-order valence-electron chi connectivity index (χ3n) is 11.3. The van der Waals surface area contributed by atoms with Crippen LogP contribution in [0.5, 0.6) is 11.5 Å². The van der Waals surface area contributed by atoms with E-state index in [1.807, 2.05) is 13.0 Å². The number of hydrogen-bond donors (Lipinski definition) is 3. The number of aliphatic carboxylic acids is 1. The maximum absolute atomic E-state index is 13.0. The maximum atomic E-state index is 13.0. The molecule has 3 fully saturated rings. The molecule has 0 radical (unpaired) electrons. The van der Waals surface area contributed by atoms with Crippen molar-refractivity contribution in [3.05, 3.63) is 34.4 Å². The molecular formula is C34H44N2O8. The monoisotopic (exact) mass is 608 g/mol. The van der Waals surface area contributed by atoms with Crippen molar-refractivity contribution in [1.82, 2.24) is 10.2 Å². The first-order valence-electron chi connectivity index (χ1n) is 16.3. The van der Waals surface area contributed by atoms with Crippen LogP contribution in [0.4, 0.5) is 0 Å². The van der Waals surface area contributed by atoms with Crippen LogP contribution in [0.1, 0.15) is 76.8 Å². The van der Waals surface area contributed by atoms with Crippen molar-refractivity contribution >= 4 is 17.8 Å². The molecule has 7 atom stereocenters. The zero-order valence-corrected chi connectivity index (χ0v) is 26.1. The van der Waals surface area contributed by atoms with Crippen LogP contribution in [-0.2, 0) is 31.0 Å². The number of aliphatic hydroxyl groups is 1. The fourth-order valence-electron chi connectivity index (χ4n) is 9.27. The number of carboxylic acid groups (broad SMARTS) is 1. The molecule has 3 N–H and O–H groups in total. The lowest BCUT2D eigenvalue weighted by molar-refractivity contribution is -0.202. The molecule has 5 aliphatic carbocycles. The van der Waals surface area contributed by atoms with Gasteiger partial charge in [-0.05, 0) is 68.1 Å². The van der Waals surface area contributed by atoms with Crippen molar-refractivity contribution in [2.75, 3.05) is 20.2 Å². The molecule has 2 saturated carbocycles. The van der Waals surface area contributed by atoms with Crippen LogP contribution in [0, 0.1) is 17.8 Å². The average molecular weight is 609 g/mol. The first kappa shape index (κ1) is 29.7. The minimum Gasteiger partial charge on any atom is -0.482 e. The summed E-state index contributed by atoms with van der Waals surface area (Å²) in [6, 6.07) is 3.23. The Kier molecular flexibility index (Phi) is 7.14. The molecule has 10 heteroatoms. The number of likely N-dealkylation sites (tertiary alicyclic amines) is 1. The molecular weight excluding hydrogens is 564 g/mol. The highest BCUT2D eigenvalue weighted by atomic mass is 16.6. The van der Waals surface area contributed by atoms with E-state index in [1.165, 1.54) is 29.6 Å². The summed E-state index contributed by atoms with van der Waals surface area (Å²) in [7, 11) is 1.72. The van der Waals surface area contributed by atoms with Crippen LogP contribution < -0.4 is 14.8 Å². The Morgan fingerprint density at radius 3 is 2.61 bits per heavy atom. The topological polar surface area (TPSA) is 135 Å². The van der Waals surface area contributed by atoms with Crippen molar-refractivity contribution in [2.45, 2.75) is 107 Å². The zero-order valence-electron chi connectivity index (χ0n) is 26.1. The maximum Gasteiger partial charge on any atom is 0.326 e. The van der Waals surface area contributed by atoms with Gasteiger partial charge in [0.1, 0.15) is 17.7 Å². The lowest BCUT2D eigenvalue weighted by Crippen LogP contribution is -2.76. The number of hydrogen-bond acceptors (Lipinski definition) is 8. The number of rotatable bonds is 12. The molecule has 1 aromatic rings. The highest BCUT2D eigenvalue weighted by Gasteiger charge is 2.76. The number of benzene rings is 1. The molecule has 44 heavy (non-hydrogen) atoms. The second kappa shape index (κ2) is 10.6. The molecule has 4 bridgehead atoms. The van der Waals surface area contributed by atoms with E-state index in [-0.39, 0.29) is 48.7 Å². The molecule has 10 nitrogen and oxygen atoms in total. The molecule has 7 aliphatic rings. The summed E-state index contributed by atoms with van der Waals surface area (Å²) in [4.78, 5) is 39.5. The number of nitrogens with one attached hydrogen (secondary N) is 1. The van der Waals surface area contributed by atoms with E-state index in [0.29, 0.717) is 11.5 Å². The molecule has 2 aliphatic heterocycles. The van der Waals surface area contributed by atoms with Crippen molar-refractivity contribution in [1.29, 1.82) is 0 Å². The molecule has 1 saturated heterocycles. The second-order valence-corrected chi connectivity index (χ2v) is 14.3. The number of nitrogens with zero attached hydrogens (tertiary/aromatic N) is 1. The Morgan fingerprint density at radius 2 is 1.95 bits per heavy atom. The van der Waals surface area contributed by atoms with Gasteiger partial charge in [-0.25, -0.2) is 4.79 Å². The SMILES string of the molecule is CO[C@]12CC(=C3[C@H]4Cc5ccc(OC(=O)CCCC(=O)N[C@H](C(=O)O)C(C)C)c6c5[C@@]3(CCN4CC3CC3)[C@H]1O6)[C@@H]2C(C)O. The van der Waals surface area contributed by atoms with Gasteiger partial charge in [0.05, 0.1) is 11.5 Å². The Morgan fingerprint density at radius 1 is 1.18 bits per heavy atom. The van der Waals surface area contributed by atoms with Crippen molar-refractivity contribution in [3.8, 4) is 11.5 Å². The normalized spacial score (nSPS) is 32.4. The van der Waals surface area contributed by atoms with Gasteiger partial charge in [-0.15, -0.1) is 0 Å². The quantitative estimate of drug-likeness (QED) is 0.186. The standard InChI is InChI=1S/C34H44N2O8/c1-17(2)29(31(40)41)35-24(38)6-5-7-25(39)43-23-11-10-20-14-22-28-21-15-34(42-4,26(21)18(3)37)32-33(28,27(20)30(23)44-32)12-13-36(22)16-19-8-9-19/h10-11,17-19,22,26,29,32,37H,5-9,12-16H2,1-4H3,(H,35,38)(H,40,41)/t18?,22-,26+,29+,32-,33-,34+/m1/s1. The Labute approximate surface area is 258 Å². The van der Waals surface area contributed by atoms with Gasteiger partial charge in [0.2, 0.25) is 5.91 Å². The van der Waals surface area contributed by atoms with E-state index in [0.717, 1.165) is 43.8 Å². The number of methoxy groups -OCH3 is 1. The van der Waals surface area contributed by atoms with E-state index in [4.69, 9.17) is 14.2 Å². The number of piperidine rings is 1. The van der Waals surface area contributed by atoms with Crippen molar-refractivity contribution in [3.63, 3.8) is 0 Å². The highest BCUT2D eigenvalue weighted by molar-refractivity contribution is 5.84. The third-order valence-corrected chi connectivity index (χ3v) is 11.3. The van der Waals surface area contributed by atoms with Gasteiger partial charge in [0, 0.05) is 57.0 Å². The number of amides is 1. The van der Waals surface area contributed by atoms with Crippen LogP contribution >= 0.6 is 0 Å². The number of carbonyl (C=O) groups is 3. The lowest BCUT2D eigenvalue weighted by atomic mass is 9.42. The van der Waals surface area contributed by atoms with Crippen molar-refractivity contribution < 1.29 is 38.8 Å². The number of ether oxygens (including phenoxy) is 3. The Hall–Kier alpha value is -2.95. The molecule has 8 rings (SSSR count). The average Bonchev–Trinajstić information content (AvgIpc) is 3.70. The summed E-state index contributed by atoms with van der Waals surface area (Å²) in [6.07, 6.45) is 4.50. The van der Waals surface area contributed by atoms with Crippen LogP contribution in [0.3, 0.4) is 0 Å². The minimum atomic E-state index is -1.08. The van der Waals surface area contributed by atoms with Gasteiger partial charge in [-0.3, -0.25) is 14.5 Å². The summed E-state index contributed by atoms with van der Waals surface area (Å²) < 4.78 is 19.1. The van der Waals surface area contributed by atoms with E-state index >= 15 is 0 Å². The van der Waals surface area contributed by atoms with Gasteiger partial charge in [-0.2, -0.15) is 0 Å². The number of aliphatic hydroxyl groups excluding tert-OH is 1. The molecule has 1 unspecified atom stereocenters. The van der Waals surface area contributed by atoms with Gasteiger partial charge >= 0.3 is 11.9 Å². The van der Waals surface area contributed by atoms with E-state index in [9.17, 15) is 24.6 Å². The predicted molar refractivity (Wildman–Crippen MR) is 159 cm³/mol. The van der Waals surface area contributed by atoms with Crippen LogP contribution in [0.2, 0.25) is 0 Å². The molecule has 0 aromatic heterocycles. The number of carboxylic acids is 1. The van der Waals surface area contributed by atoms with Crippen LogP contribution in [0.25, 0.3) is 0 Å². The molecule has 238 valence electrons. The molecule has 1 amide bonds. The van der Waals surface area contributed by atoms with Gasteiger partial charge < -0.3 is 29.7 Å². The van der Waals surface area contributed by atoms with Crippen molar-refractivity contribution in [2.24, 2.45) is 17.8 Å². The Bertz CT molecular complexity index is 1430. The van der Waals surface area contributed by atoms with Crippen LogP contribution in [-0.4, -0.2) is 83.1 Å². The fraction of sp³-hybridized carbons (Fsp3) is 0.676. The largest absolute Gasteiger partial charge is 0.482 e. The first-order valence-corrected chi connectivity index (χ1v) is 16.3. The third kappa shape index (κ3) is 4.27. The number of carbonyl (C=O) groups excluding carboxylic acids is 2. The summed E-state index contributed by atoms with van der Waals surface area (Å²) >= 11 is 0.